The number of furan rings is 1. The van der Waals surface area contributed by atoms with Crippen LogP contribution in [0.2, 0.25) is 0 Å². The number of hydrogen-bond acceptors (Lipinski definition) is 6. The molecule has 0 radical (unpaired) electrons. The van der Waals surface area contributed by atoms with Gasteiger partial charge in [0.15, 0.2) is 17.3 Å². The highest BCUT2D eigenvalue weighted by Crippen LogP contribution is 2.26. The van der Waals surface area contributed by atoms with Gasteiger partial charge in [-0.2, -0.15) is 4.98 Å². The molecule has 6 heteroatoms. The van der Waals surface area contributed by atoms with Crippen molar-refractivity contribution in [3.8, 4) is 23.5 Å². The largest absolute Gasteiger partial charge is 0.443 e. The lowest BCUT2D eigenvalue weighted by Gasteiger charge is -2.05. The molecular formula is C15H16N2O4. The second-order valence-electron chi connectivity index (χ2n) is 5.49. The molecule has 2 aromatic heterocycles. The molecule has 1 fully saturated rings. The van der Waals surface area contributed by atoms with Gasteiger partial charge in [-0.25, -0.2) is 0 Å². The van der Waals surface area contributed by atoms with Gasteiger partial charge in [-0.05, 0) is 38.3 Å². The van der Waals surface area contributed by atoms with E-state index in [-0.39, 0.29) is 5.92 Å². The molecule has 0 amide bonds. The van der Waals surface area contributed by atoms with E-state index in [9.17, 15) is 5.11 Å². The van der Waals surface area contributed by atoms with Crippen molar-refractivity contribution in [1.29, 1.82) is 0 Å². The van der Waals surface area contributed by atoms with Gasteiger partial charge in [0.2, 0.25) is 0 Å². The molecule has 1 aliphatic heterocycles. The standard InChI is InChI=1S/C15H16N2O4/c1-15(2,18)7-5-11-3-4-12(20-11)14-16-13(17-21-14)10-6-8-19-9-10/h3-4,10,18H,6,8-9H2,1-2H3/t10-/m1/s1. The van der Waals surface area contributed by atoms with E-state index >= 15 is 0 Å². The summed E-state index contributed by atoms with van der Waals surface area (Å²) in [5, 5.41) is 13.5. The SMILES string of the molecule is CC(C)(O)C#Cc1ccc(-c2nc([C@@H]3CCOC3)no2)o1. The maximum absolute atomic E-state index is 9.56. The highest BCUT2D eigenvalue weighted by Gasteiger charge is 2.24. The number of rotatable bonds is 2. The third-order valence-electron chi connectivity index (χ3n) is 3.04. The van der Waals surface area contributed by atoms with Gasteiger partial charge in [-0.15, -0.1) is 0 Å². The summed E-state index contributed by atoms with van der Waals surface area (Å²) in [6, 6.07) is 3.42. The molecule has 3 rings (SSSR count). The van der Waals surface area contributed by atoms with Crippen LogP contribution in [0.25, 0.3) is 11.7 Å². The molecular weight excluding hydrogens is 272 g/mol. The van der Waals surface area contributed by atoms with E-state index in [0.29, 0.717) is 29.8 Å². The van der Waals surface area contributed by atoms with E-state index in [0.717, 1.165) is 13.0 Å². The minimum absolute atomic E-state index is 0.187. The highest BCUT2D eigenvalue weighted by atomic mass is 16.5. The van der Waals surface area contributed by atoms with Crippen molar-refractivity contribution >= 4 is 0 Å². The highest BCUT2D eigenvalue weighted by molar-refractivity contribution is 5.46. The lowest BCUT2D eigenvalue weighted by atomic mass is 10.1. The Labute approximate surface area is 122 Å². The normalized spacial score (nSPS) is 18.5. The first kappa shape index (κ1) is 13.9. The van der Waals surface area contributed by atoms with Crippen LogP contribution < -0.4 is 0 Å². The fraction of sp³-hybridized carbons (Fsp3) is 0.467. The van der Waals surface area contributed by atoms with Crippen molar-refractivity contribution in [1.82, 2.24) is 10.1 Å². The zero-order valence-corrected chi connectivity index (χ0v) is 11.9. The van der Waals surface area contributed by atoms with E-state index in [1.54, 1.807) is 26.0 Å². The zero-order valence-electron chi connectivity index (χ0n) is 11.9. The number of ether oxygens (including phenoxy) is 1. The summed E-state index contributed by atoms with van der Waals surface area (Å²) in [4.78, 5) is 4.34. The lowest BCUT2D eigenvalue weighted by Crippen LogP contribution is -2.14. The molecule has 2 aromatic rings. The molecule has 0 aromatic carbocycles. The number of aromatic nitrogens is 2. The van der Waals surface area contributed by atoms with Gasteiger partial charge in [-0.1, -0.05) is 11.1 Å². The molecule has 3 heterocycles. The summed E-state index contributed by atoms with van der Waals surface area (Å²) in [5.41, 5.74) is -1.06. The van der Waals surface area contributed by atoms with E-state index in [1.807, 2.05) is 0 Å². The Morgan fingerprint density at radius 3 is 2.95 bits per heavy atom. The van der Waals surface area contributed by atoms with Crippen LogP contribution in [-0.4, -0.2) is 34.1 Å². The van der Waals surface area contributed by atoms with Crippen molar-refractivity contribution < 1.29 is 18.8 Å². The van der Waals surface area contributed by atoms with Crippen molar-refractivity contribution in [3.05, 3.63) is 23.7 Å². The van der Waals surface area contributed by atoms with Crippen LogP contribution in [0, 0.1) is 11.8 Å². The minimum Gasteiger partial charge on any atom is -0.443 e. The quantitative estimate of drug-likeness (QED) is 0.851. The Morgan fingerprint density at radius 2 is 2.24 bits per heavy atom. The summed E-state index contributed by atoms with van der Waals surface area (Å²) in [6.07, 6.45) is 0.902. The smallest absolute Gasteiger partial charge is 0.293 e. The van der Waals surface area contributed by atoms with Crippen LogP contribution in [0.1, 0.15) is 37.8 Å². The number of hydrogen-bond donors (Lipinski definition) is 1. The molecule has 0 spiro atoms. The third kappa shape index (κ3) is 3.32. The molecule has 0 unspecified atom stereocenters. The van der Waals surface area contributed by atoms with Crippen LogP contribution in [0.5, 0.6) is 0 Å². The summed E-state index contributed by atoms with van der Waals surface area (Å²) in [5.74, 6) is 7.50. The monoisotopic (exact) mass is 288 g/mol. The molecule has 1 saturated heterocycles. The Morgan fingerprint density at radius 1 is 1.38 bits per heavy atom. The predicted octanol–water partition coefficient (Wildman–Crippen LogP) is 1.96. The molecule has 0 saturated carbocycles. The molecule has 0 aliphatic carbocycles. The molecule has 6 nitrogen and oxygen atoms in total. The Kier molecular flexibility index (Phi) is 3.53. The first-order valence-electron chi connectivity index (χ1n) is 6.78. The average molecular weight is 288 g/mol. The van der Waals surface area contributed by atoms with E-state index in [2.05, 4.69) is 22.0 Å². The Balaban J connectivity index is 1.78. The van der Waals surface area contributed by atoms with Gasteiger partial charge in [-0.3, -0.25) is 0 Å². The fourth-order valence-corrected chi connectivity index (χ4v) is 1.97. The molecule has 110 valence electrons. The fourth-order valence-electron chi connectivity index (χ4n) is 1.97. The first-order valence-corrected chi connectivity index (χ1v) is 6.78. The summed E-state index contributed by atoms with van der Waals surface area (Å²) in [6.45, 7) is 4.57. The van der Waals surface area contributed by atoms with E-state index in [1.165, 1.54) is 0 Å². The first-order chi connectivity index (χ1) is 10.0. The van der Waals surface area contributed by atoms with Crippen LogP contribution in [-0.2, 0) is 4.74 Å². The van der Waals surface area contributed by atoms with Crippen molar-refractivity contribution in [2.24, 2.45) is 0 Å². The Hall–Kier alpha value is -2.10. The van der Waals surface area contributed by atoms with Crippen molar-refractivity contribution in [2.45, 2.75) is 31.8 Å². The topological polar surface area (TPSA) is 81.5 Å². The molecule has 1 aliphatic rings. The van der Waals surface area contributed by atoms with E-state index in [4.69, 9.17) is 13.7 Å². The van der Waals surface area contributed by atoms with Crippen LogP contribution in [0.15, 0.2) is 21.1 Å². The second kappa shape index (κ2) is 5.35. The van der Waals surface area contributed by atoms with Gasteiger partial charge in [0.05, 0.1) is 6.61 Å². The summed E-state index contributed by atoms with van der Waals surface area (Å²) < 4.78 is 16.1. The molecule has 21 heavy (non-hydrogen) atoms. The van der Waals surface area contributed by atoms with Crippen molar-refractivity contribution in [2.75, 3.05) is 13.2 Å². The van der Waals surface area contributed by atoms with Gasteiger partial charge in [0.1, 0.15) is 5.60 Å². The number of aliphatic hydroxyl groups is 1. The minimum atomic E-state index is -1.06. The number of nitrogens with zero attached hydrogens (tertiary/aromatic N) is 2. The van der Waals surface area contributed by atoms with Gasteiger partial charge >= 0.3 is 0 Å². The lowest BCUT2D eigenvalue weighted by molar-refractivity contribution is 0.143. The maximum Gasteiger partial charge on any atom is 0.293 e. The second-order valence-corrected chi connectivity index (χ2v) is 5.49. The van der Waals surface area contributed by atoms with Crippen LogP contribution >= 0.6 is 0 Å². The maximum atomic E-state index is 9.56. The van der Waals surface area contributed by atoms with Gasteiger partial charge in [0.25, 0.3) is 5.89 Å². The summed E-state index contributed by atoms with van der Waals surface area (Å²) >= 11 is 0. The molecule has 1 N–H and O–H groups in total. The predicted molar refractivity (Wildman–Crippen MR) is 73.4 cm³/mol. The average Bonchev–Trinajstić information content (AvgIpc) is 3.15. The van der Waals surface area contributed by atoms with E-state index < -0.39 is 5.60 Å². The molecule has 1 atom stereocenters. The van der Waals surface area contributed by atoms with Crippen molar-refractivity contribution in [3.63, 3.8) is 0 Å². The van der Waals surface area contributed by atoms with Gasteiger partial charge in [0, 0.05) is 12.5 Å². The Bertz CT molecular complexity index is 678. The van der Waals surface area contributed by atoms with Crippen LogP contribution in [0.4, 0.5) is 0 Å². The summed E-state index contributed by atoms with van der Waals surface area (Å²) in [7, 11) is 0. The third-order valence-corrected chi connectivity index (χ3v) is 3.04. The zero-order chi connectivity index (χ0) is 14.9. The van der Waals surface area contributed by atoms with Gasteiger partial charge < -0.3 is 18.8 Å². The molecule has 0 bridgehead atoms. The van der Waals surface area contributed by atoms with Crippen LogP contribution in [0.3, 0.4) is 0 Å².